The summed E-state index contributed by atoms with van der Waals surface area (Å²) in [7, 11) is 0. The number of nitrogens with one attached hydrogen (secondary N) is 1. The Morgan fingerprint density at radius 2 is 2.13 bits per heavy atom. The van der Waals surface area contributed by atoms with Crippen LogP contribution in [0, 0.1) is 12.3 Å². The Hall–Kier alpha value is -1.31. The molecule has 0 saturated heterocycles. The molecule has 78 valence electrons. The minimum atomic E-state index is -0.533. The number of hydrogen-bond acceptors (Lipinski definition) is 2. The van der Waals surface area contributed by atoms with Gasteiger partial charge < -0.3 is 5.73 Å². The second kappa shape index (κ2) is 5.54. The molecule has 15 heavy (non-hydrogen) atoms. The maximum Gasteiger partial charge on any atom is 0.239 e. The van der Waals surface area contributed by atoms with Crippen LogP contribution in [0.5, 0.6) is 0 Å². The van der Waals surface area contributed by atoms with Gasteiger partial charge in [-0.2, -0.15) is 0 Å². The summed E-state index contributed by atoms with van der Waals surface area (Å²) in [5.74, 6) is 1.97. The van der Waals surface area contributed by atoms with E-state index in [0.29, 0.717) is 6.54 Å². The average molecular weight is 267 g/mol. The maximum atomic E-state index is 11.2. The van der Waals surface area contributed by atoms with Gasteiger partial charge in [-0.25, -0.2) is 0 Å². The Morgan fingerprint density at radius 3 is 2.60 bits per heavy atom. The molecule has 0 fully saturated rings. The van der Waals surface area contributed by atoms with Crippen LogP contribution < -0.4 is 11.1 Å². The molecule has 1 aromatic carbocycles. The summed E-state index contributed by atoms with van der Waals surface area (Å²) in [6.45, 7) is 0.309. The van der Waals surface area contributed by atoms with Gasteiger partial charge in [-0.1, -0.05) is 34.0 Å². The highest BCUT2D eigenvalue weighted by Crippen LogP contribution is 2.16. The molecule has 1 amide bonds. The highest BCUT2D eigenvalue weighted by molar-refractivity contribution is 9.10. The third kappa shape index (κ3) is 3.39. The number of rotatable bonds is 4. The van der Waals surface area contributed by atoms with Gasteiger partial charge in [0.2, 0.25) is 5.91 Å². The fourth-order valence-electron chi connectivity index (χ4n) is 1.20. The number of primary amides is 1. The Kier molecular flexibility index (Phi) is 4.35. The van der Waals surface area contributed by atoms with Gasteiger partial charge in [0, 0.05) is 4.47 Å². The molecule has 4 heteroatoms. The first-order valence-electron chi connectivity index (χ1n) is 4.36. The molecule has 1 unspecified atom stereocenters. The second-order valence-electron chi connectivity index (χ2n) is 2.97. The standard InChI is InChI=1S/C11H11BrN2O/c1-2-7-14-10(11(13)15)8-3-5-9(12)6-4-8/h1,3-6,10,14H,7H2,(H2,13,15). The lowest BCUT2D eigenvalue weighted by Crippen LogP contribution is -2.33. The molecular weight excluding hydrogens is 256 g/mol. The van der Waals surface area contributed by atoms with Crippen LogP contribution in [-0.4, -0.2) is 12.5 Å². The average Bonchev–Trinajstić information content (AvgIpc) is 2.21. The molecule has 0 aromatic heterocycles. The fraction of sp³-hybridized carbons (Fsp3) is 0.182. The summed E-state index contributed by atoms with van der Waals surface area (Å²) < 4.78 is 0.950. The van der Waals surface area contributed by atoms with Crippen molar-refractivity contribution in [1.82, 2.24) is 5.32 Å². The van der Waals surface area contributed by atoms with Crippen LogP contribution in [0.3, 0.4) is 0 Å². The molecule has 0 aliphatic rings. The quantitative estimate of drug-likeness (QED) is 0.805. The van der Waals surface area contributed by atoms with E-state index >= 15 is 0 Å². The van der Waals surface area contributed by atoms with Crippen molar-refractivity contribution < 1.29 is 4.79 Å². The lowest BCUT2D eigenvalue weighted by Gasteiger charge is -2.13. The Balaban J connectivity index is 2.85. The van der Waals surface area contributed by atoms with Crippen molar-refractivity contribution >= 4 is 21.8 Å². The molecule has 1 atom stereocenters. The van der Waals surface area contributed by atoms with Crippen molar-refractivity contribution in [3.8, 4) is 12.3 Å². The summed E-state index contributed by atoms with van der Waals surface area (Å²) in [5, 5.41) is 2.88. The zero-order valence-corrected chi connectivity index (χ0v) is 9.62. The molecule has 0 bridgehead atoms. The number of benzene rings is 1. The van der Waals surface area contributed by atoms with E-state index in [-0.39, 0.29) is 0 Å². The van der Waals surface area contributed by atoms with Gasteiger partial charge in [0.05, 0.1) is 6.54 Å². The van der Waals surface area contributed by atoms with E-state index in [1.165, 1.54) is 0 Å². The van der Waals surface area contributed by atoms with Gasteiger partial charge in [-0.15, -0.1) is 6.42 Å². The normalized spacial score (nSPS) is 11.7. The van der Waals surface area contributed by atoms with Gasteiger partial charge in [-0.3, -0.25) is 10.1 Å². The Morgan fingerprint density at radius 1 is 1.53 bits per heavy atom. The first-order chi connectivity index (χ1) is 7.15. The van der Waals surface area contributed by atoms with E-state index in [9.17, 15) is 4.79 Å². The predicted octanol–water partition coefficient (Wildman–Crippen LogP) is 1.20. The second-order valence-corrected chi connectivity index (χ2v) is 3.89. The minimum Gasteiger partial charge on any atom is -0.368 e. The molecule has 0 aliphatic heterocycles. The van der Waals surface area contributed by atoms with Crippen LogP contribution in [0.15, 0.2) is 28.7 Å². The first-order valence-corrected chi connectivity index (χ1v) is 5.16. The molecule has 0 spiro atoms. The largest absolute Gasteiger partial charge is 0.368 e. The third-order valence-electron chi connectivity index (χ3n) is 1.90. The summed E-state index contributed by atoms with van der Waals surface area (Å²) >= 11 is 3.32. The van der Waals surface area contributed by atoms with Crippen LogP contribution in [0.2, 0.25) is 0 Å². The molecule has 3 N–H and O–H groups in total. The maximum absolute atomic E-state index is 11.2. The first kappa shape index (κ1) is 11.8. The van der Waals surface area contributed by atoms with Gasteiger partial charge >= 0.3 is 0 Å². The summed E-state index contributed by atoms with van der Waals surface area (Å²) in [4.78, 5) is 11.2. The molecule has 0 radical (unpaired) electrons. The fourth-order valence-corrected chi connectivity index (χ4v) is 1.46. The molecule has 1 aromatic rings. The van der Waals surface area contributed by atoms with Crippen LogP contribution >= 0.6 is 15.9 Å². The van der Waals surface area contributed by atoms with E-state index in [1.54, 1.807) is 0 Å². The van der Waals surface area contributed by atoms with E-state index in [1.807, 2.05) is 24.3 Å². The van der Waals surface area contributed by atoms with Crippen molar-refractivity contribution in [3.05, 3.63) is 34.3 Å². The van der Waals surface area contributed by atoms with Gasteiger partial charge in [0.15, 0.2) is 0 Å². The van der Waals surface area contributed by atoms with Gasteiger partial charge in [0.25, 0.3) is 0 Å². The lowest BCUT2D eigenvalue weighted by atomic mass is 10.1. The summed E-state index contributed by atoms with van der Waals surface area (Å²) in [6, 6.07) is 6.81. The van der Waals surface area contributed by atoms with Crippen LogP contribution in [-0.2, 0) is 4.79 Å². The predicted molar refractivity (Wildman–Crippen MR) is 62.9 cm³/mol. The molecule has 0 aliphatic carbocycles. The number of carbonyl (C=O) groups is 1. The van der Waals surface area contributed by atoms with Crippen LogP contribution in [0.1, 0.15) is 11.6 Å². The lowest BCUT2D eigenvalue weighted by molar-refractivity contribution is -0.120. The van der Waals surface area contributed by atoms with Gasteiger partial charge in [0.1, 0.15) is 6.04 Å². The van der Waals surface area contributed by atoms with Crippen molar-refractivity contribution in [2.24, 2.45) is 5.73 Å². The highest BCUT2D eigenvalue weighted by atomic mass is 79.9. The van der Waals surface area contributed by atoms with Gasteiger partial charge in [-0.05, 0) is 17.7 Å². The van der Waals surface area contributed by atoms with Crippen molar-refractivity contribution in [2.75, 3.05) is 6.54 Å². The number of carbonyl (C=O) groups excluding carboxylic acids is 1. The SMILES string of the molecule is C#CCNC(C(N)=O)c1ccc(Br)cc1. The number of nitrogens with two attached hydrogens (primary N) is 1. The highest BCUT2D eigenvalue weighted by Gasteiger charge is 2.15. The van der Waals surface area contributed by atoms with Crippen LogP contribution in [0.25, 0.3) is 0 Å². The number of amides is 1. The monoisotopic (exact) mass is 266 g/mol. The summed E-state index contributed by atoms with van der Waals surface area (Å²) in [6.07, 6.45) is 5.11. The van der Waals surface area contributed by atoms with E-state index < -0.39 is 11.9 Å². The topological polar surface area (TPSA) is 55.1 Å². The van der Waals surface area contributed by atoms with E-state index in [0.717, 1.165) is 10.0 Å². The molecule has 0 heterocycles. The van der Waals surface area contributed by atoms with Crippen molar-refractivity contribution in [3.63, 3.8) is 0 Å². The van der Waals surface area contributed by atoms with Crippen LogP contribution in [0.4, 0.5) is 0 Å². The molecule has 0 saturated carbocycles. The zero-order valence-electron chi connectivity index (χ0n) is 8.03. The summed E-state index contributed by atoms with van der Waals surface area (Å²) in [5.41, 5.74) is 6.07. The van der Waals surface area contributed by atoms with Crippen molar-refractivity contribution in [2.45, 2.75) is 6.04 Å². The zero-order chi connectivity index (χ0) is 11.3. The molecular formula is C11H11BrN2O. The van der Waals surface area contributed by atoms with E-state index in [2.05, 4.69) is 27.2 Å². The Bertz CT molecular complexity index is 381. The molecule has 3 nitrogen and oxygen atoms in total. The third-order valence-corrected chi connectivity index (χ3v) is 2.42. The number of hydrogen-bond donors (Lipinski definition) is 2. The molecule has 1 rings (SSSR count). The van der Waals surface area contributed by atoms with Crippen molar-refractivity contribution in [1.29, 1.82) is 0 Å². The number of terminal acetylenes is 1. The smallest absolute Gasteiger partial charge is 0.239 e. The number of halogens is 1. The van der Waals surface area contributed by atoms with E-state index in [4.69, 9.17) is 12.2 Å². The Labute approximate surface area is 97.2 Å². The minimum absolute atomic E-state index is 0.309.